The number of benzene rings is 2. The Morgan fingerprint density at radius 3 is 2.39 bits per heavy atom. The van der Waals surface area contributed by atoms with Gasteiger partial charge in [0.1, 0.15) is 0 Å². The van der Waals surface area contributed by atoms with Gasteiger partial charge in [-0.25, -0.2) is 22.0 Å². The highest BCUT2D eigenvalue weighted by atomic mass is 32.2. The van der Waals surface area contributed by atoms with E-state index in [4.69, 9.17) is 9.88 Å². The van der Waals surface area contributed by atoms with Crippen molar-refractivity contribution in [2.24, 2.45) is 10.1 Å². The maximum absolute atomic E-state index is 13.1. The lowest BCUT2D eigenvalue weighted by Crippen LogP contribution is -2.41. The van der Waals surface area contributed by atoms with Crippen LogP contribution < -0.4 is 9.94 Å². The Bertz CT molecular complexity index is 1660. The molecule has 0 saturated carbocycles. The van der Waals surface area contributed by atoms with Crippen LogP contribution >= 0.6 is 11.3 Å². The minimum absolute atomic E-state index is 0.00211. The summed E-state index contributed by atoms with van der Waals surface area (Å²) in [7, 11) is -6.37. The van der Waals surface area contributed by atoms with Crippen molar-refractivity contribution < 1.29 is 31.2 Å². The van der Waals surface area contributed by atoms with Crippen LogP contribution in [0.3, 0.4) is 0 Å². The lowest BCUT2D eigenvalue weighted by Gasteiger charge is -2.32. The van der Waals surface area contributed by atoms with Gasteiger partial charge < -0.3 is 9.30 Å². The van der Waals surface area contributed by atoms with E-state index in [1.807, 2.05) is 6.92 Å². The number of amides is 1. The minimum atomic E-state index is -3.95. The first-order chi connectivity index (χ1) is 17.9. The molecular weight excluding hydrogens is 552 g/mol. The maximum Gasteiger partial charge on any atom is 0.307 e. The van der Waals surface area contributed by atoms with Crippen LogP contribution in [-0.4, -0.2) is 57.3 Å². The smallest absolute Gasteiger partial charge is 0.307 e. The molecule has 0 spiro atoms. The number of hydrogen-bond acceptors (Lipinski definition) is 8. The number of primary sulfonamides is 1. The van der Waals surface area contributed by atoms with Crippen LogP contribution in [0.5, 0.6) is 0 Å². The number of fused-ring (bicyclic) bond motifs is 1. The number of hydrogen-bond donors (Lipinski definition) is 1. The van der Waals surface area contributed by atoms with E-state index in [2.05, 4.69) is 4.99 Å². The average molecular weight is 581 g/mol. The average Bonchev–Trinajstić information content (AvgIpc) is 3.22. The molecule has 4 rings (SSSR count). The Balaban J connectivity index is 1.69. The summed E-state index contributed by atoms with van der Waals surface area (Å²) in [5.41, 5.74) is 0.743. The highest BCUT2D eigenvalue weighted by molar-refractivity contribution is 7.89. The van der Waals surface area contributed by atoms with Crippen molar-refractivity contribution in [3.05, 3.63) is 52.8 Å². The first-order valence-electron chi connectivity index (χ1n) is 11.9. The van der Waals surface area contributed by atoms with Crippen LogP contribution in [0.4, 0.5) is 0 Å². The van der Waals surface area contributed by atoms with Crippen LogP contribution in [-0.2, 0) is 36.1 Å². The number of thiazole rings is 1. The summed E-state index contributed by atoms with van der Waals surface area (Å²) in [5.74, 6) is -1.08. The molecule has 1 aromatic heterocycles. The zero-order valence-corrected chi connectivity index (χ0v) is 23.3. The monoisotopic (exact) mass is 580 g/mol. The molecule has 1 unspecified atom stereocenters. The molecule has 2 heterocycles. The largest absolute Gasteiger partial charge is 0.469 e. The van der Waals surface area contributed by atoms with Gasteiger partial charge in [0, 0.05) is 24.7 Å². The highest BCUT2D eigenvalue weighted by Crippen LogP contribution is 2.26. The third-order valence-electron chi connectivity index (χ3n) is 6.40. The second-order valence-corrected chi connectivity index (χ2v) is 13.4. The molecule has 0 radical (unpaired) electrons. The van der Waals surface area contributed by atoms with E-state index in [0.29, 0.717) is 16.8 Å². The standard InChI is InChI=1S/C24H28N4O7S3/c1-16-5-3-4-13-28(16)38(33,34)18-8-6-17(7-9-18)23(30)26-24-27(14-12-22(29)35-2)20-11-10-19(37(25,31)32)15-21(20)36-24/h6-11,15-16H,3-5,12-14H2,1-2H3,(H2,25,31,32). The first-order valence-corrected chi connectivity index (χ1v) is 15.7. The number of piperidine rings is 1. The number of aromatic nitrogens is 1. The number of carbonyl (C=O) groups excluding carboxylic acids is 2. The second-order valence-electron chi connectivity index (χ2n) is 8.94. The number of nitrogens with two attached hydrogens (primary N) is 1. The molecule has 1 saturated heterocycles. The lowest BCUT2D eigenvalue weighted by molar-refractivity contribution is -0.140. The second kappa shape index (κ2) is 11.1. The highest BCUT2D eigenvalue weighted by Gasteiger charge is 2.31. The third kappa shape index (κ3) is 5.89. The van der Waals surface area contributed by atoms with E-state index in [-0.39, 0.29) is 39.2 Å². The fourth-order valence-electron chi connectivity index (χ4n) is 4.32. The lowest BCUT2D eigenvalue weighted by atomic mass is 10.1. The van der Waals surface area contributed by atoms with Crippen molar-refractivity contribution in [2.75, 3.05) is 13.7 Å². The third-order valence-corrected chi connectivity index (χ3v) is 10.4. The fourth-order valence-corrected chi connectivity index (χ4v) is 7.73. The van der Waals surface area contributed by atoms with Crippen molar-refractivity contribution in [3.8, 4) is 0 Å². The number of sulfonamides is 2. The fraction of sp³-hybridized carbons (Fsp3) is 0.375. The number of methoxy groups -OCH3 is 1. The Morgan fingerprint density at radius 1 is 1.08 bits per heavy atom. The van der Waals surface area contributed by atoms with Crippen LogP contribution in [0, 0.1) is 0 Å². The Hall–Kier alpha value is -2.91. The summed E-state index contributed by atoms with van der Waals surface area (Å²) >= 11 is 1.06. The quantitative estimate of drug-likeness (QED) is 0.420. The zero-order valence-electron chi connectivity index (χ0n) is 20.9. The molecule has 3 aromatic rings. The molecule has 14 heteroatoms. The molecule has 0 aliphatic carbocycles. The SMILES string of the molecule is COC(=O)CCn1c(=NC(=O)c2ccc(S(=O)(=O)N3CCCCC3C)cc2)sc2cc(S(N)(=O)=O)ccc21. The topological polar surface area (TPSA) is 158 Å². The number of nitrogens with zero attached hydrogens (tertiary/aromatic N) is 3. The van der Waals surface area contributed by atoms with Crippen molar-refractivity contribution in [1.82, 2.24) is 8.87 Å². The van der Waals surface area contributed by atoms with Crippen LogP contribution in [0.1, 0.15) is 43.0 Å². The summed E-state index contributed by atoms with van der Waals surface area (Å²) in [4.78, 5) is 29.2. The Morgan fingerprint density at radius 2 is 1.76 bits per heavy atom. The van der Waals surface area contributed by atoms with Gasteiger partial charge in [0.25, 0.3) is 5.91 Å². The van der Waals surface area contributed by atoms with Crippen molar-refractivity contribution in [3.63, 3.8) is 0 Å². The molecule has 1 aliphatic rings. The van der Waals surface area contributed by atoms with Gasteiger partial charge in [0.05, 0.1) is 33.5 Å². The van der Waals surface area contributed by atoms with Gasteiger partial charge in [-0.15, -0.1) is 0 Å². The molecule has 1 amide bonds. The molecule has 2 aromatic carbocycles. The Kier molecular flexibility index (Phi) is 8.18. The number of ether oxygens (including phenoxy) is 1. The molecule has 2 N–H and O–H groups in total. The molecule has 38 heavy (non-hydrogen) atoms. The number of rotatable bonds is 7. The number of aryl methyl sites for hydroxylation is 1. The van der Waals surface area contributed by atoms with Gasteiger partial charge in [0.15, 0.2) is 4.80 Å². The summed E-state index contributed by atoms with van der Waals surface area (Å²) in [5, 5.41) is 5.25. The number of carbonyl (C=O) groups is 2. The van der Waals surface area contributed by atoms with E-state index in [0.717, 1.165) is 30.6 Å². The van der Waals surface area contributed by atoms with E-state index in [9.17, 15) is 26.4 Å². The summed E-state index contributed by atoms with van der Waals surface area (Å²) in [6.07, 6.45) is 2.60. The van der Waals surface area contributed by atoms with Crippen LogP contribution in [0.2, 0.25) is 0 Å². The van der Waals surface area contributed by atoms with E-state index in [1.165, 1.54) is 53.9 Å². The van der Waals surface area contributed by atoms with Gasteiger partial charge in [-0.1, -0.05) is 17.8 Å². The van der Waals surface area contributed by atoms with Gasteiger partial charge in [-0.2, -0.15) is 9.30 Å². The van der Waals surface area contributed by atoms with E-state index in [1.54, 1.807) is 4.57 Å². The Labute approximate surface area is 224 Å². The van der Waals surface area contributed by atoms with Crippen LogP contribution in [0.15, 0.2) is 57.2 Å². The normalized spacial score (nSPS) is 17.6. The molecular formula is C24H28N4O7S3. The molecule has 204 valence electrons. The predicted molar refractivity (Wildman–Crippen MR) is 141 cm³/mol. The maximum atomic E-state index is 13.1. The molecule has 1 atom stereocenters. The van der Waals surface area contributed by atoms with E-state index >= 15 is 0 Å². The summed E-state index contributed by atoms with van der Waals surface area (Å²) in [6.45, 7) is 2.49. The van der Waals surface area contributed by atoms with Crippen molar-refractivity contribution in [2.45, 2.75) is 55.0 Å². The molecule has 0 bridgehead atoms. The number of esters is 1. The van der Waals surface area contributed by atoms with Crippen LogP contribution in [0.25, 0.3) is 10.2 Å². The van der Waals surface area contributed by atoms with Gasteiger partial charge in [-0.05, 0) is 62.2 Å². The molecule has 11 nitrogen and oxygen atoms in total. The van der Waals surface area contributed by atoms with E-state index < -0.39 is 31.9 Å². The van der Waals surface area contributed by atoms with Gasteiger partial charge >= 0.3 is 5.97 Å². The minimum Gasteiger partial charge on any atom is -0.469 e. The van der Waals surface area contributed by atoms with Crippen molar-refractivity contribution in [1.29, 1.82) is 0 Å². The van der Waals surface area contributed by atoms with Gasteiger partial charge in [-0.3, -0.25) is 9.59 Å². The predicted octanol–water partition coefficient (Wildman–Crippen LogP) is 2.22. The molecule has 1 aliphatic heterocycles. The van der Waals surface area contributed by atoms with Crippen molar-refractivity contribution >= 4 is 53.5 Å². The molecule has 1 fully saturated rings. The van der Waals surface area contributed by atoms with Gasteiger partial charge in [0.2, 0.25) is 20.0 Å². The first kappa shape index (κ1) is 28.1. The zero-order chi connectivity index (χ0) is 27.7. The summed E-state index contributed by atoms with van der Waals surface area (Å²) in [6, 6.07) is 9.79. The summed E-state index contributed by atoms with van der Waals surface area (Å²) < 4.78 is 58.1.